The Morgan fingerprint density at radius 3 is 1.67 bits per heavy atom. The Morgan fingerprint density at radius 1 is 0.588 bits per heavy atom. The van der Waals surface area contributed by atoms with Gasteiger partial charge in [0, 0.05) is 52.1 Å². The van der Waals surface area contributed by atoms with Gasteiger partial charge in [-0.05, 0) is 35.2 Å². The molecule has 0 aliphatic rings. The van der Waals surface area contributed by atoms with Gasteiger partial charge < -0.3 is 19.7 Å². The quantitative estimate of drug-likeness (QED) is 0.0620. The third-order valence-electron chi connectivity index (χ3n) is 8.43. The Hall–Kier alpha value is -4.92. The van der Waals surface area contributed by atoms with Gasteiger partial charge >= 0.3 is 29.6 Å². The van der Waals surface area contributed by atoms with Crippen LogP contribution in [0, 0.1) is 6.07 Å². The average molecular weight is 720 g/mol. The SMILES string of the molecule is O=S(=O)([O-])c1cc[c-]c2c1c(Nc1ccccc1)cc1c2nc2c3cccc(S(=O)(=O)[O-])c3c(Nc3ccccc3)cc2[n+]1-c1ccccc1.[Na+]. The Kier molecular flexibility index (Phi) is 9.02. The van der Waals surface area contributed by atoms with E-state index >= 15 is 0 Å². The standard InChI is InChI=1S/C38H25N4O6S2.Na/c43-49(44,45)33-20-10-18-27-35(33)29(39-24-12-4-1-5-13-24)22-31-37(27)41-38-28-19-11-21-34(50(46,47)48)36(28)30(40-25-14-6-2-7-15-25)23-32(38)42(31)26-16-8-3-9-17-26;/h1-18,20-23H,(H3,39,40,43,44,45,46,47,48);/q-1;+1/p-1. The summed E-state index contributed by atoms with van der Waals surface area (Å²) < 4.78 is 77.9. The van der Waals surface area contributed by atoms with Crippen molar-refractivity contribution < 1.29 is 60.1 Å². The second-order valence-corrected chi connectivity index (χ2v) is 14.2. The van der Waals surface area contributed by atoms with Gasteiger partial charge in [0.05, 0.1) is 16.1 Å². The average Bonchev–Trinajstić information content (AvgIpc) is 3.11. The van der Waals surface area contributed by atoms with E-state index in [1.165, 1.54) is 24.3 Å². The van der Waals surface area contributed by atoms with Gasteiger partial charge in [-0.15, -0.1) is 23.6 Å². The van der Waals surface area contributed by atoms with E-state index in [9.17, 15) is 25.9 Å². The summed E-state index contributed by atoms with van der Waals surface area (Å²) in [7, 11) is -9.91. The van der Waals surface area contributed by atoms with Crippen molar-refractivity contribution in [2.45, 2.75) is 9.79 Å². The molecule has 0 amide bonds. The van der Waals surface area contributed by atoms with Crippen molar-refractivity contribution in [1.82, 2.24) is 4.98 Å². The van der Waals surface area contributed by atoms with E-state index in [0.29, 0.717) is 55.9 Å². The van der Waals surface area contributed by atoms with E-state index in [2.05, 4.69) is 16.7 Å². The molecule has 10 nitrogen and oxygen atoms in total. The number of para-hydroxylation sites is 3. The summed E-state index contributed by atoms with van der Waals surface area (Å²) in [5.41, 5.74) is 4.41. The van der Waals surface area contributed by atoms with Gasteiger partial charge in [-0.1, -0.05) is 72.1 Å². The molecular formula is C38H24N4NaO6S2-. The number of hydrogen-bond donors (Lipinski definition) is 2. The fourth-order valence-electron chi connectivity index (χ4n) is 6.40. The molecule has 13 heteroatoms. The van der Waals surface area contributed by atoms with Crippen LogP contribution in [0.15, 0.2) is 143 Å². The molecule has 0 saturated heterocycles. The van der Waals surface area contributed by atoms with Gasteiger partial charge in [-0.3, -0.25) is 4.98 Å². The zero-order valence-electron chi connectivity index (χ0n) is 26.9. The van der Waals surface area contributed by atoms with Crippen LogP contribution < -0.4 is 44.8 Å². The summed E-state index contributed by atoms with van der Waals surface area (Å²) in [6.45, 7) is 0. The third-order valence-corrected chi connectivity index (χ3v) is 10.2. The molecule has 0 aliphatic carbocycles. The van der Waals surface area contributed by atoms with E-state index in [0.717, 1.165) is 0 Å². The first kappa shape index (κ1) is 34.5. The number of nitrogens with zero attached hydrogens (tertiary/aromatic N) is 2. The van der Waals surface area contributed by atoms with E-state index in [1.54, 1.807) is 18.2 Å². The van der Waals surface area contributed by atoms with E-state index in [-0.39, 0.29) is 45.7 Å². The molecule has 0 atom stereocenters. The molecule has 8 rings (SSSR count). The van der Waals surface area contributed by atoms with E-state index in [1.807, 2.05) is 95.6 Å². The van der Waals surface area contributed by atoms with Crippen molar-refractivity contribution in [3.63, 3.8) is 0 Å². The van der Waals surface area contributed by atoms with Crippen molar-refractivity contribution >= 4 is 86.6 Å². The van der Waals surface area contributed by atoms with Gasteiger partial charge in [-0.2, -0.15) is 4.57 Å². The van der Waals surface area contributed by atoms with Gasteiger partial charge in [0.2, 0.25) is 11.2 Å². The van der Waals surface area contributed by atoms with Gasteiger partial charge in [0.15, 0.2) is 5.52 Å². The number of benzene rings is 7. The van der Waals surface area contributed by atoms with Crippen molar-refractivity contribution in [3.8, 4) is 5.69 Å². The van der Waals surface area contributed by atoms with Gasteiger partial charge in [0.25, 0.3) is 0 Å². The van der Waals surface area contributed by atoms with Crippen LogP contribution in [0.2, 0.25) is 0 Å². The second kappa shape index (κ2) is 13.3. The smallest absolute Gasteiger partial charge is 0.745 e. The molecule has 51 heavy (non-hydrogen) atoms. The molecule has 0 unspecified atom stereocenters. The van der Waals surface area contributed by atoms with Crippen LogP contribution in [0.25, 0.3) is 49.3 Å². The topological polar surface area (TPSA) is 155 Å². The van der Waals surface area contributed by atoms with Crippen LogP contribution in [0.4, 0.5) is 22.7 Å². The molecule has 1 aromatic heterocycles. The predicted octanol–water partition coefficient (Wildman–Crippen LogP) is 4.07. The number of nitrogens with one attached hydrogen (secondary N) is 2. The largest absolute Gasteiger partial charge is 1.00 e. The van der Waals surface area contributed by atoms with E-state index in [4.69, 9.17) is 4.98 Å². The summed E-state index contributed by atoms with van der Waals surface area (Å²) in [6, 6.07) is 41.3. The Morgan fingerprint density at radius 2 is 1.10 bits per heavy atom. The summed E-state index contributed by atoms with van der Waals surface area (Å²) >= 11 is 0. The molecular weight excluding hydrogens is 696 g/mol. The Balaban J connectivity index is 0.00000406. The maximum Gasteiger partial charge on any atom is 1.00 e. The fourth-order valence-corrected chi connectivity index (χ4v) is 7.81. The number of hydrogen-bond acceptors (Lipinski definition) is 9. The van der Waals surface area contributed by atoms with Gasteiger partial charge in [0.1, 0.15) is 25.8 Å². The second-order valence-electron chi connectivity index (χ2n) is 11.5. The van der Waals surface area contributed by atoms with Crippen LogP contribution in [0.3, 0.4) is 0 Å². The number of aromatic nitrogens is 2. The Labute approximate surface area is 315 Å². The molecule has 2 N–H and O–H groups in total. The number of fused-ring (bicyclic) bond motifs is 6. The first-order chi connectivity index (χ1) is 24.1. The normalized spacial score (nSPS) is 11.9. The van der Waals surface area contributed by atoms with Crippen LogP contribution in [0.5, 0.6) is 0 Å². The molecule has 0 fully saturated rings. The van der Waals surface area contributed by atoms with Crippen molar-refractivity contribution in [2.24, 2.45) is 0 Å². The molecule has 0 radical (unpaired) electrons. The Bertz CT molecular complexity index is 2690. The van der Waals surface area contributed by atoms with Crippen LogP contribution in [0.1, 0.15) is 0 Å². The molecule has 0 saturated carbocycles. The third kappa shape index (κ3) is 6.32. The van der Waals surface area contributed by atoms with Crippen LogP contribution in [-0.4, -0.2) is 30.9 Å². The minimum Gasteiger partial charge on any atom is -0.745 e. The first-order valence-electron chi connectivity index (χ1n) is 15.3. The van der Waals surface area contributed by atoms with Crippen molar-refractivity contribution in [3.05, 3.63) is 140 Å². The van der Waals surface area contributed by atoms with Crippen LogP contribution in [-0.2, 0) is 20.2 Å². The maximum atomic E-state index is 12.7. The summed E-state index contributed by atoms with van der Waals surface area (Å²) in [5, 5.41) is 7.45. The number of rotatable bonds is 7. The maximum absolute atomic E-state index is 12.7. The summed E-state index contributed by atoms with van der Waals surface area (Å²) in [6.07, 6.45) is 0. The molecule has 0 aliphatic heterocycles. The molecule has 8 aromatic rings. The zero-order chi connectivity index (χ0) is 34.6. The minimum absolute atomic E-state index is 0. The predicted molar refractivity (Wildman–Crippen MR) is 190 cm³/mol. The molecule has 246 valence electrons. The first-order valence-corrected chi connectivity index (χ1v) is 18.1. The van der Waals surface area contributed by atoms with Gasteiger partial charge in [-0.25, -0.2) is 16.8 Å². The van der Waals surface area contributed by atoms with Crippen LogP contribution >= 0.6 is 0 Å². The van der Waals surface area contributed by atoms with Crippen molar-refractivity contribution in [2.75, 3.05) is 10.6 Å². The summed E-state index contributed by atoms with van der Waals surface area (Å²) in [4.78, 5) is 4.18. The fraction of sp³-hybridized carbons (Fsp3) is 0. The molecule has 7 aromatic carbocycles. The zero-order valence-corrected chi connectivity index (χ0v) is 30.5. The molecule has 0 spiro atoms. The minimum atomic E-state index is -4.96. The number of anilines is 4. The van der Waals surface area contributed by atoms with E-state index < -0.39 is 30.0 Å². The van der Waals surface area contributed by atoms with Crippen molar-refractivity contribution in [1.29, 1.82) is 0 Å². The molecule has 1 heterocycles. The monoisotopic (exact) mass is 719 g/mol. The molecule has 0 bridgehead atoms. The summed E-state index contributed by atoms with van der Waals surface area (Å²) in [5.74, 6) is 0.